The van der Waals surface area contributed by atoms with E-state index in [4.69, 9.17) is 5.73 Å². The van der Waals surface area contributed by atoms with Crippen LogP contribution in [0.5, 0.6) is 0 Å². The van der Waals surface area contributed by atoms with E-state index >= 15 is 0 Å². The van der Waals surface area contributed by atoms with Crippen molar-refractivity contribution in [3.63, 3.8) is 0 Å². The highest BCUT2D eigenvalue weighted by Crippen LogP contribution is 2.35. The fourth-order valence-electron chi connectivity index (χ4n) is 3.00. The summed E-state index contributed by atoms with van der Waals surface area (Å²) in [6.07, 6.45) is 0. The summed E-state index contributed by atoms with van der Waals surface area (Å²) < 4.78 is 0. The number of hydrogen-bond donors (Lipinski definition) is 3. The third-order valence-electron chi connectivity index (χ3n) is 4.52. The monoisotopic (exact) mass is 347 g/mol. The van der Waals surface area contributed by atoms with Crippen LogP contribution in [0.1, 0.15) is 32.3 Å². The van der Waals surface area contributed by atoms with Crippen molar-refractivity contribution >= 4 is 17.8 Å². The van der Waals surface area contributed by atoms with Gasteiger partial charge in [-0.15, -0.1) is 0 Å². The van der Waals surface area contributed by atoms with E-state index in [-0.39, 0.29) is 17.7 Å². The Morgan fingerprint density at radius 2 is 1.80 bits per heavy atom. The number of carboxylic acids is 1. The lowest BCUT2D eigenvalue weighted by atomic mass is 9.81. The first-order valence-electron chi connectivity index (χ1n) is 8.38. The maximum atomic E-state index is 12.8. The molecule has 1 aromatic rings. The number of rotatable bonds is 6. The van der Waals surface area contributed by atoms with Crippen molar-refractivity contribution in [3.05, 3.63) is 35.9 Å². The van der Waals surface area contributed by atoms with Gasteiger partial charge in [0, 0.05) is 12.5 Å². The molecule has 0 aliphatic carbocycles. The number of nitrogens with one attached hydrogen (secondary N) is 1. The minimum atomic E-state index is -1.05. The van der Waals surface area contributed by atoms with E-state index in [2.05, 4.69) is 5.32 Å². The number of carbonyl (C=O) groups excluding carboxylic acids is 2. The highest BCUT2D eigenvalue weighted by atomic mass is 16.4. The van der Waals surface area contributed by atoms with Crippen LogP contribution in [-0.2, 0) is 14.4 Å². The Bertz CT molecular complexity index is 645. The van der Waals surface area contributed by atoms with Gasteiger partial charge in [-0.3, -0.25) is 9.59 Å². The maximum Gasteiger partial charge on any atom is 0.327 e. The van der Waals surface area contributed by atoms with E-state index in [0.717, 1.165) is 5.56 Å². The van der Waals surface area contributed by atoms with Gasteiger partial charge in [-0.25, -0.2) is 4.79 Å². The number of nitrogens with zero attached hydrogens (tertiary/aromatic N) is 1. The fourth-order valence-corrected chi connectivity index (χ4v) is 3.00. The zero-order valence-electron chi connectivity index (χ0n) is 14.7. The van der Waals surface area contributed by atoms with Crippen molar-refractivity contribution in [2.45, 2.75) is 44.8 Å². The molecule has 1 heterocycles. The van der Waals surface area contributed by atoms with Crippen LogP contribution in [-0.4, -0.2) is 52.5 Å². The van der Waals surface area contributed by atoms with Crippen molar-refractivity contribution in [2.75, 3.05) is 6.54 Å². The molecule has 136 valence electrons. The Balaban J connectivity index is 2.17. The zero-order valence-corrected chi connectivity index (χ0v) is 14.7. The van der Waals surface area contributed by atoms with Crippen molar-refractivity contribution in [3.8, 4) is 0 Å². The quantitative estimate of drug-likeness (QED) is 0.696. The molecule has 1 aliphatic rings. The van der Waals surface area contributed by atoms with Gasteiger partial charge in [0.1, 0.15) is 12.1 Å². The Morgan fingerprint density at radius 1 is 1.20 bits per heavy atom. The molecule has 7 heteroatoms. The molecule has 0 radical (unpaired) electrons. The van der Waals surface area contributed by atoms with Gasteiger partial charge >= 0.3 is 5.97 Å². The van der Waals surface area contributed by atoms with Gasteiger partial charge in [0.25, 0.3) is 0 Å². The van der Waals surface area contributed by atoms with Gasteiger partial charge in [-0.05, 0) is 18.4 Å². The largest absolute Gasteiger partial charge is 0.480 e. The predicted octanol–water partition coefficient (Wildman–Crippen LogP) is 0.554. The summed E-state index contributed by atoms with van der Waals surface area (Å²) in [6.45, 7) is 5.45. The Labute approximate surface area is 147 Å². The molecule has 2 amide bonds. The molecule has 0 spiro atoms. The van der Waals surface area contributed by atoms with Gasteiger partial charge in [0.05, 0.1) is 6.04 Å². The van der Waals surface area contributed by atoms with E-state index in [1.165, 1.54) is 11.8 Å². The number of benzene rings is 1. The van der Waals surface area contributed by atoms with Crippen LogP contribution in [0.2, 0.25) is 0 Å². The Hall–Kier alpha value is -2.41. The van der Waals surface area contributed by atoms with E-state index in [1.54, 1.807) is 13.8 Å². The number of aliphatic carboxylic acids is 1. The van der Waals surface area contributed by atoms with Crippen molar-refractivity contribution < 1.29 is 19.5 Å². The van der Waals surface area contributed by atoms with Crippen molar-refractivity contribution in [1.82, 2.24) is 10.2 Å². The summed E-state index contributed by atoms with van der Waals surface area (Å²) in [5.41, 5.74) is 6.44. The summed E-state index contributed by atoms with van der Waals surface area (Å²) in [5, 5.41) is 12.2. The molecular weight excluding hydrogens is 322 g/mol. The average Bonchev–Trinajstić information content (AvgIpc) is 2.51. The Morgan fingerprint density at radius 3 is 2.28 bits per heavy atom. The average molecular weight is 347 g/mol. The number of hydrogen-bond acceptors (Lipinski definition) is 4. The molecule has 1 fully saturated rings. The molecule has 1 aromatic carbocycles. The molecule has 4 N–H and O–H groups in total. The fraction of sp³-hybridized carbons (Fsp3) is 0.500. The minimum Gasteiger partial charge on any atom is -0.480 e. The first-order chi connectivity index (χ1) is 11.7. The predicted molar refractivity (Wildman–Crippen MR) is 92.7 cm³/mol. The second-order valence-electron chi connectivity index (χ2n) is 6.81. The molecule has 25 heavy (non-hydrogen) atoms. The number of amides is 2. The normalized spacial score (nSPS) is 22.0. The lowest BCUT2D eigenvalue weighted by Crippen LogP contribution is -2.65. The molecule has 7 nitrogen and oxygen atoms in total. The molecule has 4 unspecified atom stereocenters. The van der Waals surface area contributed by atoms with Crippen LogP contribution < -0.4 is 11.1 Å². The standard InChI is InChI=1S/C18H25N3O4/c1-10(2)14(20-16(22)11(3)19)17(23)21-9-13(15(21)18(24)25)12-7-5-4-6-8-12/h4-8,10-11,13-15H,9,19H2,1-3H3,(H,20,22)(H,24,25). The number of likely N-dealkylation sites (tertiary alicyclic amines) is 1. The third-order valence-corrected chi connectivity index (χ3v) is 4.52. The first kappa shape index (κ1) is 18.9. The summed E-state index contributed by atoms with van der Waals surface area (Å²) >= 11 is 0. The number of nitrogens with two attached hydrogens (primary N) is 1. The smallest absolute Gasteiger partial charge is 0.327 e. The molecule has 4 atom stereocenters. The number of carboxylic acid groups (broad SMARTS) is 1. The first-order valence-corrected chi connectivity index (χ1v) is 8.38. The van der Waals surface area contributed by atoms with E-state index < -0.39 is 30.0 Å². The SMILES string of the molecule is CC(N)C(=O)NC(C(=O)N1CC(c2ccccc2)C1C(=O)O)C(C)C. The van der Waals surface area contributed by atoms with Crippen LogP contribution in [0, 0.1) is 5.92 Å². The van der Waals surface area contributed by atoms with Crippen molar-refractivity contribution in [2.24, 2.45) is 11.7 Å². The van der Waals surface area contributed by atoms with Crippen LogP contribution >= 0.6 is 0 Å². The van der Waals surface area contributed by atoms with E-state index in [9.17, 15) is 19.5 Å². The third kappa shape index (κ3) is 3.99. The summed E-state index contributed by atoms with van der Waals surface area (Å²) in [5.74, 6) is -2.29. The highest BCUT2D eigenvalue weighted by molar-refractivity contribution is 5.93. The maximum absolute atomic E-state index is 12.8. The second-order valence-corrected chi connectivity index (χ2v) is 6.81. The minimum absolute atomic E-state index is 0.180. The van der Waals surface area contributed by atoms with Gasteiger partial charge in [-0.1, -0.05) is 44.2 Å². The Kier molecular flexibility index (Phi) is 5.79. The van der Waals surface area contributed by atoms with Crippen LogP contribution in [0.4, 0.5) is 0 Å². The summed E-state index contributed by atoms with van der Waals surface area (Å²) in [7, 11) is 0. The van der Waals surface area contributed by atoms with Gasteiger partial charge in [-0.2, -0.15) is 0 Å². The van der Waals surface area contributed by atoms with Crippen LogP contribution in [0.25, 0.3) is 0 Å². The molecule has 0 saturated carbocycles. The molecular formula is C18H25N3O4. The van der Waals surface area contributed by atoms with Gasteiger partial charge < -0.3 is 21.1 Å². The van der Waals surface area contributed by atoms with Crippen LogP contribution in [0.15, 0.2) is 30.3 Å². The lowest BCUT2D eigenvalue weighted by molar-refractivity contribution is -0.161. The zero-order chi connectivity index (χ0) is 18.7. The van der Waals surface area contributed by atoms with Crippen LogP contribution in [0.3, 0.4) is 0 Å². The molecule has 0 aromatic heterocycles. The van der Waals surface area contributed by atoms with Gasteiger partial charge in [0.2, 0.25) is 11.8 Å². The summed E-state index contributed by atoms with van der Waals surface area (Å²) in [4.78, 5) is 37.7. The summed E-state index contributed by atoms with van der Waals surface area (Å²) in [6, 6.07) is 6.81. The molecule has 2 rings (SSSR count). The topological polar surface area (TPSA) is 113 Å². The highest BCUT2D eigenvalue weighted by Gasteiger charge is 2.49. The second kappa shape index (κ2) is 7.65. The van der Waals surface area contributed by atoms with Crippen molar-refractivity contribution in [1.29, 1.82) is 0 Å². The molecule has 0 bridgehead atoms. The molecule has 1 saturated heterocycles. The molecule has 1 aliphatic heterocycles. The van der Waals surface area contributed by atoms with E-state index in [0.29, 0.717) is 6.54 Å². The lowest BCUT2D eigenvalue weighted by Gasteiger charge is -2.47. The van der Waals surface area contributed by atoms with E-state index in [1.807, 2.05) is 30.3 Å². The number of carbonyl (C=O) groups is 3. The van der Waals surface area contributed by atoms with Gasteiger partial charge in [0.15, 0.2) is 0 Å².